The highest BCUT2D eigenvalue weighted by molar-refractivity contribution is 6.43. The summed E-state index contributed by atoms with van der Waals surface area (Å²) in [4.78, 5) is 12.5. The van der Waals surface area contributed by atoms with Crippen molar-refractivity contribution in [1.29, 1.82) is 0 Å². The largest absolute Gasteiger partial charge is 0.508 e. The summed E-state index contributed by atoms with van der Waals surface area (Å²) < 4.78 is 0. The number of rotatable bonds is 0. The van der Waals surface area contributed by atoms with Gasteiger partial charge in [-0.15, -0.1) is 0 Å². The van der Waals surface area contributed by atoms with Gasteiger partial charge in [0.2, 0.25) is 0 Å². The minimum Gasteiger partial charge on any atom is -0.508 e. The van der Waals surface area contributed by atoms with E-state index >= 15 is 0 Å². The lowest BCUT2D eigenvalue weighted by Crippen LogP contribution is -2.37. The molecule has 0 spiro atoms. The average Bonchev–Trinajstić information content (AvgIpc) is 2.78. The Labute approximate surface area is 129 Å². The van der Waals surface area contributed by atoms with Crippen molar-refractivity contribution in [2.24, 2.45) is 16.5 Å². The Morgan fingerprint density at radius 1 is 1.36 bits per heavy atom. The Hall–Kier alpha value is -2.10. The van der Waals surface area contributed by atoms with Gasteiger partial charge in [0.05, 0.1) is 0 Å². The summed E-state index contributed by atoms with van der Waals surface area (Å²) in [7, 11) is 0. The number of carbonyl (C=O) groups is 1. The van der Waals surface area contributed by atoms with E-state index in [1.54, 1.807) is 6.07 Å². The maximum atomic E-state index is 12.5. The van der Waals surface area contributed by atoms with Gasteiger partial charge in [-0.1, -0.05) is 29.8 Å². The van der Waals surface area contributed by atoms with Crippen LogP contribution in [0.3, 0.4) is 0 Å². The molecule has 2 N–H and O–H groups in total. The highest BCUT2D eigenvalue weighted by Gasteiger charge is 2.55. The number of ketones is 1. The summed E-state index contributed by atoms with van der Waals surface area (Å²) in [5.41, 5.74) is 3.68. The first-order valence-corrected chi connectivity index (χ1v) is 7.82. The molecule has 2 fully saturated rings. The van der Waals surface area contributed by atoms with Crippen molar-refractivity contribution in [3.63, 3.8) is 0 Å². The molecule has 0 aromatic heterocycles. The molecule has 0 amide bonds. The maximum Gasteiger partial charge on any atom is 0.186 e. The number of fused-ring (bicyclic) bond motifs is 5. The molecule has 4 heteroatoms. The van der Waals surface area contributed by atoms with E-state index in [0.29, 0.717) is 23.8 Å². The predicted molar refractivity (Wildman–Crippen MR) is 82.3 cm³/mol. The third-order valence-corrected chi connectivity index (χ3v) is 5.88. The van der Waals surface area contributed by atoms with Gasteiger partial charge in [-0.25, -0.2) is 0 Å². The lowest BCUT2D eigenvalue weighted by atomic mass is 9.60. The van der Waals surface area contributed by atoms with Gasteiger partial charge in [0, 0.05) is 17.8 Å². The molecule has 0 saturated heterocycles. The second kappa shape index (κ2) is 4.45. The number of carbonyl (C=O) groups excluding carboxylic acids is 1. The van der Waals surface area contributed by atoms with Crippen LogP contribution >= 0.6 is 0 Å². The molecular weight excluding hydrogens is 278 g/mol. The van der Waals surface area contributed by atoms with Crippen LogP contribution in [0.2, 0.25) is 0 Å². The van der Waals surface area contributed by atoms with Crippen LogP contribution in [0.4, 0.5) is 0 Å². The number of phenolic OH excluding ortho intramolecular Hbond substituents is 1. The highest BCUT2D eigenvalue weighted by atomic mass is 16.4. The number of hydrogen-bond acceptors (Lipinski definition) is 4. The molecule has 4 rings (SSSR count). The van der Waals surface area contributed by atoms with Crippen molar-refractivity contribution in [3.05, 3.63) is 41.0 Å². The van der Waals surface area contributed by atoms with Crippen LogP contribution < -0.4 is 0 Å². The molecule has 0 unspecified atom stereocenters. The Bertz CT molecular complexity index is 734. The summed E-state index contributed by atoms with van der Waals surface area (Å²) in [6.07, 6.45) is 5.31. The first-order valence-electron chi connectivity index (χ1n) is 7.82. The molecule has 1 aromatic rings. The summed E-state index contributed by atoms with van der Waals surface area (Å²) in [6.45, 7) is 2.02. The van der Waals surface area contributed by atoms with E-state index in [4.69, 9.17) is 5.21 Å². The van der Waals surface area contributed by atoms with Gasteiger partial charge >= 0.3 is 0 Å². The summed E-state index contributed by atoms with van der Waals surface area (Å²) in [6, 6.07) is 5.61. The third-order valence-electron chi connectivity index (χ3n) is 5.88. The van der Waals surface area contributed by atoms with E-state index in [1.165, 1.54) is 16.7 Å². The molecule has 114 valence electrons. The summed E-state index contributed by atoms with van der Waals surface area (Å²) in [5.74, 6) is 0.790. The fourth-order valence-electron chi connectivity index (χ4n) is 4.67. The Kier molecular flexibility index (Phi) is 2.74. The van der Waals surface area contributed by atoms with E-state index in [2.05, 4.69) is 11.2 Å². The number of aromatic hydroxyl groups is 1. The molecule has 4 nitrogen and oxygen atoms in total. The molecule has 0 heterocycles. The first kappa shape index (κ1) is 13.6. The SMILES string of the molecule is C[C@]12CC[C@H]3C(=CCc4cc(O)ccc43)[C@@H]1C/C(=N/O)C2=O. The van der Waals surface area contributed by atoms with Gasteiger partial charge in [-0.2, -0.15) is 0 Å². The van der Waals surface area contributed by atoms with E-state index in [-0.39, 0.29) is 11.7 Å². The van der Waals surface area contributed by atoms with Crippen LogP contribution in [0, 0.1) is 11.3 Å². The zero-order valence-corrected chi connectivity index (χ0v) is 12.5. The Balaban J connectivity index is 1.78. The highest BCUT2D eigenvalue weighted by Crippen LogP contribution is 2.57. The molecular formula is C18H19NO3. The minimum atomic E-state index is -0.418. The molecule has 22 heavy (non-hydrogen) atoms. The smallest absolute Gasteiger partial charge is 0.186 e. The topological polar surface area (TPSA) is 69.9 Å². The van der Waals surface area contributed by atoms with Crippen LogP contribution in [0.25, 0.3) is 0 Å². The summed E-state index contributed by atoms with van der Waals surface area (Å²) >= 11 is 0. The van der Waals surface area contributed by atoms with Crippen molar-refractivity contribution in [1.82, 2.24) is 0 Å². The monoisotopic (exact) mass is 297 g/mol. The van der Waals surface area contributed by atoms with Crippen molar-refractivity contribution in [2.75, 3.05) is 0 Å². The zero-order chi connectivity index (χ0) is 15.5. The summed E-state index contributed by atoms with van der Waals surface area (Å²) in [5, 5.41) is 22.0. The molecule has 3 atom stereocenters. The van der Waals surface area contributed by atoms with E-state index in [1.807, 2.05) is 19.1 Å². The van der Waals surface area contributed by atoms with E-state index in [9.17, 15) is 9.90 Å². The number of Topliss-reactive ketones (excluding diaryl/α,β-unsaturated/α-hetero) is 1. The van der Waals surface area contributed by atoms with Crippen molar-refractivity contribution >= 4 is 11.5 Å². The van der Waals surface area contributed by atoms with Crippen LogP contribution in [0.15, 0.2) is 35.0 Å². The van der Waals surface area contributed by atoms with Gasteiger partial charge in [0.15, 0.2) is 5.78 Å². The standard InChI is InChI=1S/C18H19NO3/c1-18-7-6-13-12-5-3-11(20)8-10(12)2-4-14(13)15(18)9-16(19-22)17(18)21/h3-5,8,13,15,20,22H,2,6-7,9H2,1H3/b19-16-/t13-,15+,18+/m1/s1. The lowest BCUT2D eigenvalue weighted by Gasteiger charge is -2.43. The van der Waals surface area contributed by atoms with Gasteiger partial charge in [-0.3, -0.25) is 4.79 Å². The number of hydrogen-bond donors (Lipinski definition) is 2. The number of nitrogens with zero attached hydrogens (tertiary/aromatic N) is 1. The number of allylic oxidation sites excluding steroid dienone is 2. The fourth-order valence-corrected chi connectivity index (χ4v) is 4.67. The molecule has 0 radical (unpaired) electrons. The molecule has 1 aromatic carbocycles. The number of phenols is 1. The average molecular weight is 297 g/mol. The molecule has 3 aliphatic rings. The Morgan fingerprint density at radius 3 is 2.95 bits per heavy atom. The van der Waals surface area contributed by atoms with Crippen LogP contribution in [0.5, 0.6) is 5.75 Å². The van der Waals surface area contributed by atoms with Crippen molar-refractivity contribution < 1.29 is 15.1 Å². The number of benzene rings is 1. The first-order chi connectivity index (χ1) is 10.5. The quantitative estimate of drug-likeness (QED) is 0.439. The normalized spacial score (nSPS) is 34.9. The molecule has 3 aliphatic carbocycles. The van der Waals surface area contributed by atoms with Crippen LogP contribution in [0.1, 0.15) is 43.2 Å². The Morgan fingerprint density at radius 2 is 2.18 bits per heavy atom. The lowest BCUT2D eigenvalue weighted by molar-refractivity contribution is -0.122. The van der Waals surface area contributed by atoms with E-state index < -0.39 is 5.41 Å². The van der Waals surface area contributed by atoms with Gasteiger partial charge in [0.1, 0.15) is 11.5 Å². The zero-order valence-electron chi connectivity index (χ0n) is 12.5. The van der Waals surface area contributed by atoms with E-state index in [0.717, 1.165) is 19.3 Å². The predicted octanol–water partition coefficient (Wildman–Crippen LogP) is 3.18. The van der Waals surface area contributed by atoms with Gasteiger partial charge in [0.25, 0.3) is 0 Å². The second-order valence-corrected chi connectivity index (χ2v) is 6.93. The van der Waals surface area contributed by atoms with Crippen LogP contribution in [-0.4, -0.2) is 21.8 Å². The minimum absolute atomic E-state index is 0.0100. The molecule has 0 bridgehead atoms. The number of oxime groups is 1. The van der Waals surface area contributed by atoms with Crippen molar-refractivity contribution in [2.45, 2.75) is 38.5 Å². The fraction of sp³-hybridized carbons (Fsp3) is 0.444. The van der Waals surface area contributed by atoms with Gasteiger partial charge in [-0.05, 0) is 48.4 Å². The van der Waals surface area contributed by atoms with Crippen LogP contribution in [-0.2, 0) is 11.2 Å². The van der Waals surface area contributed by atoms with Gasteiger partial charge < -0.3 is 10.3 Å². The molecule has 0 aliphatic heterocycles. The van der Waals surface area contributed by atoms with Crippen molar-refractivity contribution in [3.8, 4) is 5.75 Å². The molecule has 2 saturated carbocycles. The second-order valence-electron chi connectivity index (χ2n) is 6.93. The third kappa shape index (κ3) is 1.64. The maximum absolute atomic E-state index is 12.5.